The smallest absolute Gasteiger partial charge is 0.191 e. The van der Waals surface area contributed by atoms with Gasteiger partial charge in [-0.15, -0.1) is 0 Å². The van der Waals surface area contributed by atoms with Crippen molar-refractivity contribution >= 4 is 5.96 Å². The minimum atomic E-state index is -0.202. The number of hydrogen-bond acceptors (Lipinski definition) is 3. The topological polar surface area (TPSA) is 54.9 Å². The van der Waals surface area contributed by atoms with Gasteiger partial charge in [-0.3, -0.25) is 0 Å². The molecule has 0 aromatic heterocycles. The molecule has 0 unspecified atom stereocenters. The molecule has 0 aliphatic carbocycles. The fourth-order valence-corrected chi connectivity index (χ4v) is 3.68. The maximum atomic E-state index is 13.9. The van der Waals surface area contributed by atoms with Gasteiger partial charge in [-0.25, -0.2) is 9.38 Å². The molecule has 2 N–H and O–H groups in total. The molecule has 0 amide bonds. The number of nitrogens with one attached hydrogen (secondary N) is 2. The molecule has 2 aromatic rings. The van der Waals surface area contributed by atoms with Crippen LogP contribution in [0.25, 0.3) is 0 Å². The Balaban J connectivity index is 1.74. The second-order valence-electron chi connectivity index (χ2n) is 7.30. The summed E-state index contributed by atoms with van der Waals surface area (Å²) in [6, 6.07) is 14.8. The molecule has 3 rings (SSSR count). The lowest BCUT2D eigenvalue weighted by molar-refractivity contribution is 0.0513. The summed E-state index contributed by atoms with van der Waals surface area (Å²) in [6.07, 6.45) is 1.69. The predicted molar refractivity (Wildman–Crippen MR) is 114 cm³/mol. The van der Waals surface area contributed by atoms with Crippen molar-refractivity contribution in [1.29, 1.82) is 0 Å². The fourth-order valence-electron chi connectivity index (χ4n) is 3.68. The number of aliphatic imine (C=N–C) groups is 1. The Kier molecular flexibility index (Phi) is 7.47. The maximum Gasteiger partial charge on any atom is 0.191 e. The molecule has 5 nitrogen and oxygen atoms in total. The van der Waals surface area contributed by atoms with Gasteiger partial charge in [0.25, 0.3) is 0 Å². The predicted octanol–water partition coefficient (Wildman–Crippen LogP) is 3.64. The number of rotatable bonds is 7. The minimum Gasteiger partial charge on any atom is -0.497 e. The molecule has 1 heterocycles. The molecule has 29 heavy (non-hydrogen) atoms. The van der Waals surface area contributed by atoms with Crippen molar-refractivity contribution in [3.05, 3.63) is 65.5 Å². The Bertz CT molecular complexity index is 819. The van der Waals surface area contributed by atoms with E-state index in [0.717, 1.165) is 42.2 Å². The molecule has 1 aliphatic rings. The molecule has 1 aliphatic heterocycles. The summed E-state index contributed by atoms with van der Waals surface area (Å²) in [5.74, 6) is 1.37. The van der Waals surface area contributed by atoms with Gasteiger partial charge in [0.2, 0.25) is 0 Å². The van der Waals surface area contributed by atoms with Gasteiger partial charge in [0, 0.05) is 31.7 Å². The third kappa shape index (κ3) is 5.70. The molecule has 0 saturated carbocycles. The molecule has 1 saturated heterocycles. The van der Waals surface area contributed by atoms with E-state index in [-0.39, 0.29) is 11.2 Å². The highest BCUT2D eigenvalue weighted by Crippen LogP contribution is 2.34. The number of nitrogens with zero attached hydrogens (tertiary/aromatic N) is 1. The summed E-state index contributed by atoms with van der Waals surface area (Å²) in [5, 5.41) is 6.78. The van der Waals surface area contributed by atoms with Crippen LogP contribution in [0.4, 0.5) is 4.39 Å². The standard InChI is InChI=1S/C23H30FN3O2/c1-3-25-22(26-16-18-6-4-9-21(14-18)28-2)27-17-23(10-12-29-13-11-23)19-7-5-8-20(24)15-19/h4-9,14-15H,3,10-13,16-17H2,1-2H3,(H2,25,26,27). The quantitative estimate of drug-likeness (QED) is 0.551. The summed E-state index contributed by atoms with van der Waals surface area (Å²) in [5.41, 5.74) is 1.91. The van der Waals surface area contributed by atoms with E-state index in [9.17, 15) is 4.39 Å². The van der Waals surface area contributed by atoms with Crippen LogP contribution in [0.15, 0.2) is 53.5 Å². The second kappa shape index (κ2) is 10.3. The van der Waals surface area contributed by atoms with Crippen LogP contribution in [0.3, 0.4) is 0 Å². The second-order valence-corrected chi connectivity index (χ2v) is 7.30. The molecule has 6 heteroatoms. The first-order valence-corrected chi connectivity index (χ1v) is 10.1. The number of methoxy groups -OCH3 is 1. The number of ether oxygens (including phenoxy) is 2. The van der Waals surface area contributed by atoms with Crippen molar-refractivity contribution in [3.63, 3.8) is 0 Å². The number of guanidine groups is 1. The summed E-state index contributed by atoms with van der Waals surface area (Å²) in [7, 11) is 1.66. The van der Waals surface area contributed by atoms with Crippen LogP contribution in [0.1, 0.15) is 30.9 Å². The van der Waals surface area contributed by atoms with Gasteiger partial charge in [-0.1, -0.05) is 24.3 Å². The Morgan fingerprint density at radius 3 is 2.66 bits per heavy atom. The average Bonchev–Trinajstić information content (AvgIpc) is 2.76. The lowest BCUT2D eigenvalue weighted by Gasteiger charge is -2.38. The highest BCUT2D eigenvalue weighted by atomic mass is 19.1. The largest absolute Gasteiger partial charge is 0.497 e. The van der Waals surface area contributed by atoms with Crippen molar-refractivity contribution in [2.24, 2.45) is 4.99 Å². The normalized spacial score (nSPS) is 16.3. The van der Waals surface area contributed by atoms with Crippen molar-refractivity contribution < 1.29 is 13.9 Å². The van der Waals surface area contributed by atoms with Crippen LogP contribution in [-0.4, -0.2) is 39.4 Å². The number of hydrogen-bond donors (Lipinski definition) is 2. The van der Waals surface area contributed by atoms with Crippen LogP contribution in [0.5, 0.6) is 5.75 Å². The van der Waals surface area contributed by atoms with E-state index in [4.69, 9.17) is 14.5 Å². The van der Waals surface area contributed by atoms with Crippen LogP contribution in [-0.2, 0) is 16.7 Å². The SMILES string of the molecule is CCNC(=NCc1cccc(OC)c1)NCC1(c2cccc(F)c2)CCOCC1. The lowest BCUT2D eigenvalue weighted by atomic mass is 9.74. The zero-order chi connectivity index (χ0) is 20.5. The Morgan fingerprint density at radius 1 is 1.14 bits per heavy atom. The van der Waals surface area contributed by atoms with Gasteiger partial charge >= 0.3 is 0 Å². The third-order valence-electron chi connectivity index (χ3n) is 5.38. The van der Waals surface area contributed by atoms with Crippen molar-refractivity contribution in [2.45, 2.75) is 31.7 Å². The van der Waals surface area contributed by atoms with Gasteiger partial charge in [0.15, 0.2) is 5.96 Å². The van der Waals surface area contributed by atoms with Gasteiger partial charge in [0.05, 0.1) is 13.7 Å². The highest BCUT2D eigenvalue weighted by molar-refractivity contribution is 5.79. The number of halogens is 1. The molecule has 0 radical (unpaired) electrons. The molecule has 2 aromatic carbocycles. The molecular weight excluding hydrogens is 369 g/mol. The van der Waals surface area contributed by atoms with E-state index in [2.05, 4.69) is 10.6 Å². The summed E-state index contributed by atoms with van der Waals surface area (Å²) >= 11 is 0. The van der Waals surface area contributed by atoms with Gasteiger partial charge in [-0.2, -0.15) is 0 Å². The molecular formula is C23H30FN3O2. The zero-order valence-corrected chi connectivity index (χ0v) is 17.2. The molecule has 0 spiro atoms. The van der Waals surface area contributed by atoms with E-state index in [1.54, 1.807) is 19.2 Å². The first-order chi connectivity index (χ1) is 14.1. The van der Waals surface area contributed by atoms with Gasteiger partial charge in [0.1, 0.15) is 11.6 Å². The first-order valence-electron chi connectivity index (χ1n) is 10.1. The summed E-state index contributed by atoms with van der Waals surface area (Å²) in [6.45, 7) is 5.37. The fraction of sp³-hybridized carbons (Fsp3) is 0.435. The van der Waals surface area contributed by atoms with E-state index in [1.807, 2.05) is 37.3 Å². The molecule has 1 fully saturated rings. The van der Waals surface area contributed by atoms with Crippen molar-refractivity contribution in [1.82, 2.24) is 10.6 Å². The van der Waals surface area contributed by atoms with Crippen LogP contribution >= 0.6 is 0 Å². The van der Waals surface area contributed by atoms with Gasteiger partial charge < -0.3 is 20.1 Å². The summed E-state index contributed by atoms with van der Waals surface area (Å²) < 4.78 is 24.7. The van der Waals surface area contributed by atoms with E-state index >= 15 is 0 Å². The van der Waals surface area contributed by atoms with E-state index in [1.165, 1.54) is 6.07 Å². The lowest BCUT2D eigenvalue weighted by Crippen LogP contribution is -2.48. The monoisotopic (exact) mass is 399 g/mol. The summed E-state index contributed by atoms with van der Waals surface area (Å²) in [4.78, 5) is 4.72. The maximum absolute atomic E-state index is 13.9. The highest BCUT2D eigenvalue weighted by Gasteiger charge is 2.34. The van der Waals surface area contributed by atoms with Crippen molar-refractivity contribution in [3.8, 4) is 5.75 Å². The molecule has 156 valence electrons. The van der Waals surface area contributed by atoms with E-state index in [0.29, 0.717) is 26.3 Å². The molecule has 0 bridgehead atoms. The number of benzene rings is 2. The molecule has 0 atom stereocenters. The Hall–Kier alpha value is -2.60. The van der Waals surface area contributed by atoms with Crippen LogP contribution in [0, 0.1) is 5.82 Å². The van der Waals surface area contributed by atoms with E-state index < -0.39 is 0 Å². The van der Waals surface area contributed by atoms with Crippen LogP contribution < -0.4 is 15.4 Å². The first kappa shape index (κ1) is 21.1. The Labute approximate surface area is 172 Å². The third-order valence-corrected chi connectivity index (χ3v) is 5.38. The van der Waals surface area contributed by atoms with Crippen molar-refractivity contribution in [2.75, 3.05) is 33.4 Å². The van der Waals surface area contributed by atoms with Gasteiger partial charge in [-0.05, 0) is 55.2 Å². The minimum absolute atomic E-state index is 0.174. The average molecular weight is 400 g/mol. The van der Waals surface area contributed by atoms with Crippen LogP contribution in [0.2, 0.25) is 0 Å². The Morgan fingerprint density at radius 2 is 1.93 bits per heavy atom. The zero-order valence-electron chi connectivity index (χ0n) is 17.2.